The fraction of sp³-hybridized carbons (Fsp3) is 0.222. The minimum absolute atomic E-state index is 0.383. The average molecular weight is 207 g/mol. The number of nitrogens with zero attached hydrogens (tertiary/aromatic N) is 3. The average Bonchev–Trinajstić information content (AvgIpc) is 2.61. The van der Waals surface area contributed by atoms with E-state index in [2.05, 4.69) is 10.1 Å². The first-order valence-electron chi connectivity index (χ1n) is 4.31. The smallest absolute Gasteiger partial charge is 0.297 e. The van der Waals surface area contributed by atoms with Crippen LogP contribution in [0.2, 0.25) is 0 Å². The SMILES string of the molecule is CCn1c(-c2ccccn2)noc1=S. The highest BCUT2D eigenvalue weighted by Gasteiger charge is 2.09. The molecule has 2 aromatic heterocycles. The second-order valence-corrected chi connectivity index (χ2v) is 3.08. The van der Waals surface area contributed by atoms with Crippen molar-refractivity contribution in [3.63, 3.8) is 0 Å². The van der Waals surface area contributed by atoms with Crippen molar-refractivity contribution in [1.29, 1.82) is 0 Å². The quantitative estimate of drug-likeness (QED) is 0.709. The van der Waals surface area contributed by atoms with Crippen molar-refractivity contribution < 1.29 is 4.52 Å². The van der Waals surface area contributed by atoms with E-state index < -0.39 is 0 Å². The molecule has 0 amide bonds. The number of rotatable bonds is 2. The molecule has 0 aromatic carbocycles. The summed E-state index contributed by atoms with van der Waals surface area (Å²) in [6.45, 7) is 2.72. The molecule has 4 nitrogen and oxygen atoms in total. The van der Waals surface area contributed by atoms with Gasteiger partial charge in [0.1, 0.15) is 5.69 Å². The third-order valence-electron chi connectivity index (χ3n) is 1.90. The van der Waals surface area contributed by atoms with Crippen molar-refractivity contribution in [2.75, 3.05) is 0 Å². The highest BCUT2D eigenvalue weighted by Crippen LogP contribution is 2.14. The molecule has 0 spiro atoms. The minimum Gasteiger partial charge on any atom is -0.324 e. The topological polar surface area (TPSA) is 43.9 Å². The Labute approximate surface area is 86.2 Å². The fourth-order valence-corrected chi connectivity index (χ4v) is 1.48. The van der Waals surface area contributed by atoms with Crippen LogP contribution in [0.25, 0.3) is 11.5 Å². The number of pyridine rings is 1. The molecular weight excluding hydrogens is 198 g/mol. The summed E-state index contributed by atoms with van der Waals surface area (Å²) in [5.74, 6) is 0.679. The third-order valence-corrected chi connectivity index (χ3v) is 2.19. The maximum atomic E-state index is 4.98. The summed E-state index contributed by atoms with van der Waals surface area (Å²) in [5.41, 5.74) is 0.772. The van der Waals surface area contributed by atoms with E-state index in [0.717, 1.165) is 12.2 Å². The standard InChI is InChI=1S/C9H9N3OS/c1-2-12-8(11-13-9(12)14)7-5-3-4-6-10-7/h3-6H,2H2,1H3. The van der Waals surface area contributed by atoms with Crippen LogP contribution < -0.4 is 0 Å². The molecule has 2 aromatic rings. The highest BCUT2D eigenvalue weighted by atomic mass is 32.1. The first kappa shape index (κ1) is 9.08. The van der Waals surface area contributed by atoms with Gasteiger partial charge in [0.25, 0.3) is 4.84 Å². The molecule has 0 fully saturated rings. The van der Waals surface area contributed by atoms with Gasteiger partial charge in [0, 0.05) is 12.7 Å². The lowest BCUT2D eigenvalue weighted by Crippen LogP contribution is -1.98. The Morgan fingerprint density at radius 2 is 2.36 bits per heavy atom. The molecular formula is C9H9N3OS. The van der Waals surface area contributed by atoms with Gasteiger partial charge in [0.2, 0.25) is 5.82 Å². The van der Waals surface area contributed by atoms with Gasteiger partial charge in [0.15, 0.2) is 0 Å². The largest absolute Gasteiger partial charge is 0.324 e. The van der Waals surface area contributed by atoms with Crippen LogP contribution in [0.5, 0.6) is 0 Å². The van der Waals surface area contributed by atoms with E-state index in [0.29, 0.717) is 10.7 Å². The number of aromatic nitrogens is 3. The predicted molar refractivity (Wildman–Crippen MR) is 54.2 cm³/mol. The second kappa shape index (κ2) is 3.71. The zero-order valence-electron chi connectivity index (χ0n) is 7.67. The Morgan fingerprint density at radius 1 is 1.50 bits per heavy atom. The molecule has 2 heterocycles. The maximum absolute atomic E-state index is 4.98. The summed E-state index contributed by atoms with van der Waals surface area (Å²) >= 11 is 4.98. The van der Waals surface area contributed by atoms with Gasteiger partial charge in [-0.2, -0.15) is 0 Å². The summed E-state index contributed by atoms with van der Waals surface area (Å²) in [4.78, 5) is 4.56. The summed E-state index contributed by atoms with van der Waals surface area (Å²) in [6, 6.07) is 5.63. The predicted octanol–water partition coefficient (Wildman–Crippen LogP) is 2.29. The van der Waals surface area contributed by atoms with Crippen molar-refractivity contribution in [3.8, 4) is 11.5 Å². The van der Waals surface area contributed by atoms with Crippen molar-refractivity contribution in [1.82, 2.24) is 14.7 Å². The van der Waals surface area contributed by atoms with E-state index in [9.17, 15) is 0 Å². The molecule has 0 bridgehead atoms. The van der Waals surface area contributed by atoms with Crippen LogP contribution in [0.3, 0.4) is 0 Å². The van der Waals surface area contributed by atoms with Crippen molar-refractivity contribution in [2.45, 2.75) is 13.5 Å². The molecule has 2 rings (SSSR count). The monoisotopic (exact) mass is 207 g/mol. The highest BCUT2D eigenvalue weighted by molar-refractivity contribution is 7.71. The molecule has 5 heteroatoms. The molecule has 0 aliphatic heterocycles. The maximum Gasteiger partial charge on any atom is 0.297 e. The van der Waals surface area contributed by atoms with Crippen molar-refractivity contribution in [2.24, 2.45) is 0 Å². The van der Waals surface area contributed by atoms with E-state index >= 15 is 0 Å². The van der Waals surface area contributed by atoms with Crippen molar-refractivity contribution >= 4 is 12.2 Å². The lowest BCUT2D eigenvalue weighted by atomic mass is 10.3. The molecule has 0 aliphatic carbocycles. The van der Waals surface area contributed by atoms with E-state index in [1.54, 1.807) is 10.8 Å². The van der Waals surface area contributed by atoms with Gasteiger partial charge in [-0.05, 0) is 31.3 Å². The number of hydrogen-bond donors (Lipinski definition) is 0. The van der Waals surface area contributed by atoms with Gasteiger partial charge in [-0.3, -0.25) is 9.55 Å². The van der Waals surface area contributed by atoms with E-state index in [4.69, 9.17) is 16.7 Å². The molecule has 0 atom stereocenters. The van der Waals surface area contributed by atoms with Gasteiger partial charge < -0.3 is 4.52 Å². The van der Waals surface area contributed by atoms with E-state index in [1.807, 2.05) is 25.1 Å². The van der Waals surface area contributed by atoms with Gasteiger partial charge in [-0.25, -0.2) is 0 Å². The normalized spacial score (nSPS) is 10.4. The van der Waals surface area contributed by atoms with Crippen LogP contribution in [-0.4, -0.2) is 14.7 Å². The Morgan fingerprint density at radius 3 is 3.00 bits per heavy atom. The summed E-state index contributed by atoms with van der Waals surface area (Å²) < 4.78 is 6.73. The van der Waals surface area contributed by atoms with Gasteiger partial charge >= 0.3 is 0 Å². The lowest BCUT2D eigenvalue weighted by Gasteiger charge is -1.99. The van der Waals surface area contributed by atoms with Crippen LogP contribution in [0.15, 0.2) is 28.9 Å². The Bertz CT molecular complexity index is 474. The molecule has 0 aliphatic rings. The van der Waals surface area contributed by atoms with Gasteiger partial charge in [-0.1, -0.05) is 11.2 Å². The second-order valence-electron chi connectivity index (χ2n) is 2.73. The summed E-state index contributed by atoms with van der Waals surface area (Å²) in [7, 11) is 0. The Kier molecular flexibility index (Phi) is 2.41. The molecule has 0 saturated heterocycles. The fourth-order valence-electron chi connectivity index (χ4n) is 1.23. The van der Waals surface area contributed by atoms with Crippen LogP contribution in [-0.2, 0) is 6.54 Å². The van der Waals surface area contributed by atoms with Gasteiger partial charge in [0.05, 0.1) is 0 Å². The Hall–Kier alpha value is -1.49. The molecule has 0 unspecified atom stereocenters. The third kappa shape index (κ3) is 1.46. The summed E-state index contributed by atoms with van der Waals surface area (Å²) in [6.07, 6.45) is 1.72. The lowest BCUT2D eigenvalue weighted by molar-refractivity contribution is 0.397. The number of hydrogen-bond acceptors (Lipinski definition) is 4. The zero-order valence-corrected chi connectivity index (χ0v) is 8.49. The summed E-state index contributed by atoms with van der Waals surface area (Å²) in [5, 5.41) is 3.88. The van der Waals surface area contributed by atoms with Gasteiger partial charge in [-0.15, -0.1) is 0 Å². The van der Waals surface area contributed by atoms with Crippen molar-refractivity contribution in [3.05, 3.63) is 29.2 Å². The molecule has 0 radical (unpaired) electrons. The zero-order chi connectivity index (χ0) is 9.97. The van der Waals surface area contributed by atoms with Crippen LogP contribution in [0, 0.1) is 4.84 Å². The van der Waals surface area contributed by atoms with E-state index in [-0.39, 0.29) is 0 Å². The first-order valence-corrected chi connectivity index (χ1v) is 4.71. The van der Waals surface area contributed by atoms with Crippen LogP contribution in [0.4, 0.5) is 0 Å². The van der Waals surface area contributed by atoms with Crippen LogP contribution in [0.1, 0.15) is 6.92 Å². The first-order chi connectivity index (χ1) is 6.83. The molecule has 14 heavy (non-hydrogen) atoms. The van der Waals surface area contributed by atoms with E-state index in [1.165, 1.54) is 0 Å². The molecule has 72 valence electrons. The molecule has 0 N–H and O–H groups in total. The molecule has 0 saturated carbocycles. The van der Waals surface area contributed by atoms with Crippen LogP contribution >= 0.6 is 12.2 Å². The minimum atomic E-state index is 0.383. The Balaban J connectivity index is 2.57.